The Morgan fingerprint density at radius 2 is 1.89 bits per heavy atom. The molecular weight excluding hydrogens is 348 g/mol. The third-order valence-corrected chi connectivity index (χ3v) is 10.6. The number of hydrogen-bond donors (Lipinski definition) is 2. The number of aliphatic hydroxyl groups excluding tert-OH is 1. The SMILES string of the molecule is CC(C)[C@H]1CC[C@@]2(C)CC[C@]3(CO)CC4=C(C(=O)O)CC[C@H]4[C@]4(C)C[C@@H]4[C@H]3[C@H]12. The molecule has 0 heterocycles. The quantitative estimate of drug-likeness (QED) is 0.693. The lowest BCUT2D eigenvalue weighted by molar-refractivity contribution is -0.132. The van der Waals surface area contributed by atoms with Gasteiger partial charge in [0, 0.05) is 17.6 Å². The summed E-state index contributed by atoms with van der Waals surface area (Å²) in [5, 5.41) is 20.7. The van der Waals surface area contributed by atoms with Gasteiger partial charge in [0.1, 0.15) is 0 Å². The van der Waals surface area contributed by atoms with Crippen LogP contribution >= 0.6 is 0 Å². The Labute approximate surface area is 170 Å². The summed E-state index contributed by atoms with van der Waals surface area (Å²) in [5.41, 5.74) is 2.54. The molecule has 0 aromatic heterocycles. The number of aliphatic hydroxyl groups is 1. The molecule has 5 rings (SSSR count). The minimum atomic E-state index is -0.702. The molecule has 0 aliphatic heterocycles. The standard InChI is InChI=1S/C25H38O3/c1-14(2)15-7-8-23(3)9-10-25(13-26)11-17-16(22(27)28)5-6-18(17)24(4)12-19(24)21(25)20(15)23/h14-15,18-21,26H,5-13H2,1-4H3,(H,27,28)/t15-,18-,19-,20+,21+,23+,24+,25-/m1/s1. The van der Waals surface area contributed by atoms with E-state index in [9.17, 15) is 15.0 Å². The van der Waals surface area contributed by atoms with Gasteiger partial charge in [-0.25, -0.2) is 4.79 Å². The maximum Gasteiger partial charge on any atom is 0.331 e. The summed E-state index contributed by atoms with van der Waals surface area (Å²) in [7, 11) is 0. The fourth-order valence-electron chi connectivity index (χ4n) is 9.07. The Morgan fingerprint density at radius 3 is 2.54 bits per heavy atom. The van der Waals surface area contributed by atoms with E-state index in [1.54, 1.807) is 0 Å². The number of rotatable bonds is 3. The van der Waals surface area contributed by atoms with Crippen LogP contribution in [0, 0.1) is 51.8 Å². The zero-order valence-corrected chi connectivity index (χ0v) is 18.1. The van der Waals surface area contributed by atoms with Crippen LogP contribution in [0.1, 0.15) is 79.1 Å². The van der Waals surface area contributed by atoms with E-state index in [1.165, 1.54) is 31.3 Å². The molecule has 28 heavy (non-hydrogen) atoms. The Morgan fingerprint density at radius 1 is 1.14 bits per heavy atom. The minimum absolute atomic E-state index is 0.0841. The maximum atomic E-state index is 12.0. The molecule has 0 amide bonds. The predicted molar refractivity (Wildman–Crippen MR) is 110 cm³/mol. The lowest BCUT2D eigenvalue weighted by Crippen LogP contribution is -2.51. The zero-order valence-electron chi connectivity index (χ0n) is 18.1. The van der Waals surface area contributed by atoms with Crippen LogP contribution in [0.15, 0.2) is 11.1 Å². The van der Waals surface area contributed by atoms with Gasteiger partial charge >= 0.3 is 5.97 Å². The van der Waals surface area contributed by atoms with Crippen molar-refractivity contribution in [2.45, 2.75) is 79.1 Å². The molecule has 0 saturated heterocycles. The van der Waals surface area contributed by atoms with Crippen molar-refractivity contribution in [3.8, 4) is 0 Å². The molecule has 8 atom stereocenters. The van der Waals surface area contributed by atoms with Crippen molar-refractivity contribution in [1.82, 2.24) is 0 Å². The summed E-state index contributed by atoms with van der Waals surface area (Å²) >= 11 is 0. The van der Waals surface area contributed by atoms with E-state index < -0.39 is 5.97 Å². The molecule has 4 fully saturated rings. The van der Waals surface area contributed by atoms with E-state index in [4.69, 9.17) is 0 Å². The molecule has 3 heteroatoms. The monoisotopic (exact) mass is 386 g/mol. The van der Waals surface area contributed by atoms with E-state index in [2.05, 4.69) is 27.7 Å². The highest BCUT2D eigenvalue weighted by Gasteiger charge is 2.71. The molecule has 2 N–H and O–H groups in total. The summed E-state index contributed by atoms with van der Waals surface area (Å²) in [6, 6.07) is 0. The van der Waals surface area contributed by atoms with Gasteiger partial charge in [-0.3, -0.25) is 0 Å². The van der Waals surface area contributed by atoms with Crippen LogP contribution < -0.4 is 0 Å². The van der Waals surface area contributed by atoms with Crippen molar-refractivity contribution < 1.29 is 15.0 Å². The van der Waals surface area contributed by atoms with Gasteiger partial charge in [-0.1, -0.05) is 33.3 Å². The van der Waals surface area contributed by atoms with Crippen LogP contribution in [0.4, 0.5) is 0 Å². The minimum Gasteiger partial charge on any atom is -0.478 e. The van der Waals surface area contributed by atoms with Crippen molar-refractivity contribution in [1.29, 1.82) is 0 Å². The number of allylic oxidation sites excluding steroid dienone is 1. The first-order valence-electron chi connectivity index (χ1n) is 11.7. The summed E-state index contributed by atoms with van der Waals surface area (Å²) in [6.07, 6.45) is 8.83. The van der Waals surface area contributed by atoms with E-state index in [0.29, 0.717) is 40.6 Å². The molecule has 3 nitrogen and oxygen atoms in total. The molecule has 0 aromatic carbocycles. The fraction of sp³-hybridized carbons (Fsp3) is 0.880. The number of hydrogen-bond acceptors (Lipinski definition) is 2. The number of aliphatic carboxylic acids is 1. The Hall–Kier alpha value is -0.830. The van der Waals surface area contributed by atoms with Gasteiger partial charge < -0.3 is 10.2 Å². The summed E-state index contributed by atoms with van der Waals surface area (Å²) < 4.78 is 0. The molecule has 5 aliphatic rings. The molecule has 0 radical (unpaired) electrons. The van der Waals surface area contributed by atoms with Crippen LogP contribution in [0.5, 0.6) is 0 Å². The van der Waals surface area contributed by atoms with Crippen molar-refractivity contribution in [2.75, 3.05) is 6.61 Å². The third-order valence-electron chi connectivity index (χ3n) is 10.6. The second kappa shape index (κ2) is 5.86. The second-order valence-corrected chi connectivity index (χ2v) is 12.1. The highest BCUT2D eigenvalue weighted by Crippen LogP contribution is 2.77. The number of carboxylic acids is 1. The summed E-state index contributed by atoms with van der Waals surface area (Å²) in [5.74, 6) is 3.16. The lowest BCUT2D eigenvalue weighted by Gasteiger charge is -2.55. The first-order chi connectivity index (χ1) is 13.2. The third kappa shape index (κ3) is 2.29. The molecule has 0 spiro atoms. The van der Waals surface area contributed by atoms with Crippen molar-refractivity contribution in [3.05, 3.63) is 11.1 Å². The molecule has 0 bridgehead atoms. The first-order valence-corrected chi connectivity index (χ1v) is 11.7. The van der Waals surface area contributed by atoms with Crippen LogP contribution in [-0.2, 0) is 4.79 Å². The second-order valence-electron chi connectivity index (χ2n) is 12.1. The van der Waals surface area contributed by atoms with Gasteiger partial charge in [0.2, 0.25) is 0 Å². The highest BCUT2D eigenvalue weighted by atomic mass is 16.4. The zero-order chi connectivity index (χ0) is 20.1. The summed E-state index contributed by atoms with van der Waals surface area (Å²) in [6.45, 7) is 10.0. The predicted octanol–water partition coefficient (Wildman–Crippen LogP) is 5.28. The van der Waals surface area contributed by atoms with Gasteiger partial charge in [-0.2, -0.15) is 0 Å². The van der Waals surface area contributed by atoms with Crippen molar-refractivity contribution in [2.24, 2.45) is 51.8 Å². The fourth-order valence-corrected chi connectivity index (χ4v) is 9.07. The van der Waals surface area contributed by atoms with Crippen LogP contribution in [-0.4, -0.2) is 22.8 Å². The van der Waals surface area contributed by atoms with Crippen molar-refractivity contribution in [3.63, 3.8) is 0 Å². The molecular formula is C25H38O3. The Kier molecular flexibility index (Phi) is 4.01. The highest BCUT2D eigenvalue weighted by molar-refractivity contribution is 5.88. The van der Waals surface area contributed by atoms with Gasteiger partial charge in [0.25, 0.3) is 0 Å². The normalized spacial score (nSPS) is 52.0. The van der Waals surface area contributed by atoms with Gasteiger partial charge in [-0.05, 0) is 97.7 Å². The number of carboxylic acid groups (broad SMARTS) is 1. The van der Waals surface area contributed by atoms with E-state index in [1.807, 2.05) is 0 Å². The Bertz CT molecular complexity index is 738. The average Bonchev–Trinajstić information content (AvgIpc) is 2.99. The smallest absolute Gasteiger partial charge is 0.331 e. The topological polar surface area (TPSA) is 57.5 Å². The van der Waals surface area contributed by atoms with Gasteiger partial charge in [0.05, 0.1) is 0 Å². The first kappa shape index (κ1) is 19.2. The van der Waals surface area contributed by atoms with Gasteiger partial charge in [0.15, 0.2) is 0 Å². The lowest BCUT2D eigenvalue weighted by atomic mass is 9.49. The van der Waals surface area contributed by atoms with Gasteiger partial charge in [-0.15, -0.1) is 0 Å². The van der Waals surface area contributed by atoms with E-state index in [-0.39, 0.29) is 17.4 Å². The van der Waals surface area contributed by atoms with Crippen molar-refractivity contribution >= 4 is 5.97 Å². The largest absolute Gasteiger partial charge is 0.478 e. The maximum absolute atomic E-state index is 12.0. The molecule has 156 valence electrons. The van der Waals surface area contributed by atoms with Crippen LogP contribution in [0.25, 0.3) is 0 Å². The van der Waals surface area contributed by atoms with E-state index >= 15 is 0 Å². The number of carbonyl (C=O) groups is 1. The van der Waals surface area contributed by atoms with E-state index in [0.717, 1.165) is 31.6 Å². The average molecular weight is 387 g/mol. The van der Waals surface area contributed by atoms with Crippen LogP contribution in [0.2, 0.25) is 0 Å². The molecule has 0 aromatic rings. The molecule has 5 aliphatic carbocycles. The Balaban J connectivity index is 1.65. The molecule has 0 unspecified atom stereocenters. The van der Waals surface area contributed by atoms with Crippen LogP contribution in [0.3, 0.4) is 0 Å². The summed E-state index contributed by atoms with van der Waals surface area (Å²) in [4.78, 5) is 12.0. The number of fused-ring (bicyclic) bond motifs is 7. The molecule has 4 saturated carbocycles.